The van der Waals surface area contributed by atoms with Crippen molar-refractivity contribution in [3.8, 4) is 0 Å². The van der Waals surface area contributed by atoms with E-state index in [1.165, 1.54) is 30.2 Å². The number of nitro groups is 1. The van der Waals surface area contributed by atoms with Crippen LogP contribution in [0.25, 0.3) is 0 Å². The summed E-state index contributed by atoms with van der Waals surface area (Å²) in [7, 11) is 1.46. The van der Waals surface area contributed by atoms with Gasteiger partial charge in [-0.05, 0) is 11.8 Å². The molecule has 0 aliphatic carbocycles. The third-order valence-corrected chi connectivity index (χ3v) is 2.92. The zero-order valence-electron chi connectivity index (χ0n) is 12.5. The summed E-state index contributed by atoms with van der Waals surface area (Å²) in [5, 5.41) is 23.3. The van der Waals surface area contributed by atoms with Gasteiger partial charge in [0.25, 0.3) is 5.91 Å². The van der Waals surface area contributed by atoms with Gasteiger partial charge in [0.2, 0.25) is 5.91 Å². The molecule has 11 heteroatoms. The Morgan fingerprint density at radius 3 is 2.65 bits per heavy atom. The topological polar surface area (TPSA) is 137 Å². The zero-order valence-corrected chi connectivity index (χ0v) is 12.5. The minimum Gasteiger partial charge on any atom is -0.358 e. The van der Waals surface area contributed by atoms with Crippen molar-refractivity contribution < 1.29 is 14.5 Å². The minimum absolute atomic E-state index is 0.0918. The van der Waals surface area contributed by atoms with Crippen molar-refractivity contribution in [1.82, 2.24) is 24.9 Å². The van der Waals surface area contributed by atoms with E-state index in [0.29, 0.717) is 6.54 Å². The van der Waals surface area contributed by atoms with E-state index in [1.807, 2.05) is 6.92 Å². The van der Waals surface area contributed by atoms with Gasteiger partial charge < -0.3 is 20.7 Å². The van der Waals surface area contributed by atoms with Gasteiger partial charge in [-0.3, -0.25) is 14.3 Å². The molecule has 0 saturated heterocycles. The predicted molar refractivity (Wildman–Crippen MR) is 78.8 cm³/mol. The second kappa shape index (κ2) is 6.68. The number of carbonyl (C=O) groups is 2. The SMILES string of the molecule is CCn1cc(NC(=O)Cn2ccc([N+](=O)[O-])n2)c(C(=O)NC)n1. The predicted octanol–water partition coefficient (Wildman–Crippen LogP) is 0.00600. The van der Waals surface area contributed by atoms with Crippen LogP contribution >= 0.6 is 0 Å². The van der Waals surface area contributed by atoms with Crippen molar-refractivity contribution >= 4 is 23.3 Å². The Morgan fingerprint density at radius 1 is 1.35 bits per heavy atom. The molecule has 0 bridgehead atoms. The molecule has 0 radical (unpaired) electrons. The molecule has 0 atom stereocenters. The monoisotopic (exact) mass is 321 g/mol. The van der Waals surface area contributed by atoms with Gasteiger partial charge in [-0.1, -0.05) is 0 Å². The fourth-order valence-electron chi connectivity index (χ4n) is 1.83. The first kappa shape index (κ1) is 16.1. The van der Waals surface area contributed by atoms with E-state index < -0.39 is 16.7 Å². The highest BCUT2D eigenvalue weighted by atomic mass is 16.6. The van der Waals surface area contributed by atoms with Crippen LogP contribution in [0.15, 0.2) is 18.5 Å². The standard InChI is InChI=1S/C12H15N7O4/c1-3-17-6-8(11(16-17)12(21)13-2)14-10(20)7-18-5-4-9(15-18)19(22)23/h4-6H,3,7H2,1-2H3,(H,13,21)(H,14,20). The van der Waals surface area contributed by atoms with E-state index in [9.17, 15) is 19.7 Å². The van der Waals surface area contributed by atoms with Gasteiger partial charge in [-0.25, -0.2) is 0 Å². The molecule has 122 valence electrons. The maximum Gasteiger partial charge on any atom is 0.389 e. The lowest BCUT2D eigenvalue weighted by atomic mass is 10.3. The molecule has 2 amide bonds. The number of carbonyl (C=O) groups excluding carboxylic acids is 2. The first-order chi connectivity index (χ1) is 10.9. The minimum atomic E-state index is -0.649. The molecule has 0 aliphatic heterocycles. The molecule has 0 spiro atoms. The number of hydrogen-bond donors (Lipinski definition) is 2. The molecular formula is C12H15N7O4. The molecule has 2 aromatic rings. The number of hydrogen-bond acceptors (Lipinski definition) is 6. The molecule has 0 fully saturated rings. The molecule has 2 rings (SSSR count). The van der Waals surface area contributed by atoms with Crippen molar-refractivity contribution in [2.24, 2.45) is 0 Å². The van der Waals surface area contributed by atoms with E-state index in [1.54, 1.807) is 0 Å². The summed E-state index contributed by atoms with van der Waals surface area (Å²) >= 11 is 0. The maximum absolute atomic E-state index is 12.0. The average molecular weight is 321 g/mol. The van der Waals surface area contributed by atoms with Crippen LogP contribution in [0.4, 0.5) is 11.5 Å². The number of nitrogens with zero attached hydrogens (tertiary/aromatic N) is 5. The lowest BCUT2D eigenvalue weighted by molar-refractivity contribution is -0.389. The van der Waals surface area contributed by atoms with E-state index in [4.69, 9.17) is 0 Å². The highest BCUT2D eigenvalue weighted by molar-refractivity contribution is 6.02. The van der Waals surface area contributed by atoms with Gasteiger partial charge >= 0.3 is 5.82 Å². The van der Waals surface area contributed by atoms with Crippen LogP contribution in [0.2, 0.25) is 0 Å². The van der Waals surface area contributed by atoms with Gasteiger partial charge in [0.05, 0.1) is 23.0 Å². The van der Waals surface area contributed by atoms with Crippen LogP contribution in [-0.2, 0) is 17.9 Å². The van der Waals surface area contributed by atoms with Crippen LogP contribution < -0.4 is 10.6 Å². The second-order valence-corrected chi connectivity index (χ2v) is 4.50. The maximum atomic E-state index is 12.0. The summed E-state index contributed by atoms with van der Waals surface area (Å²) in [5.74, 6) is -1.26. The highest BCUT2D eigenvalue weighted by Crippen LogP contribution is 2.14. The number of amides is 2. The Bertz CT molecular complexity index is 748. The molecule has 11 nitrogen and oxygen atoms in total. The van der Waals surface area contributed by atoms with Crippen LogP contribution in [0.5, 0.6) is 0 Å². The molecule has 2 N–H and O–H groups in total. The Kier molecular flexibility index (Phi) is 4.69. The lowest BCUT2D eigenvalue weighted by Crippen LogP contribution is -2.23. The van der Waals surface area contributed by atoms with Crippen molar-refractivity contribution in [2.45, 2.75) is 20.0 Å². The third-order valence-electron chi connectivity index (χ3n) is 2.92. The molecule has 0 aromatic carbocycles. The number of aryl methyl sites for hydroxylation is 1. The summed E-state index contributed by atoms with van der Waals surface area (Å²) < 4.78 is 2.65. The Morgan fingerprint density at radius 2 is 2.09 bits per heavy atom. The van der Waals surface area contributed by atoms with E-state index in [2.05, 4.69) is 20.8 Å². The average Bonchev–Trinajstić information content (AvgIpc) is 3.13. The van der Waals surface area contributed by atoms with Crippen LogP contribution in [0.1, 0.15) is 17.4 Å². The molecule has 0 aliphatic rings. The smallest absolute Gasteiger partial charge is 0.358 e. The summed E-state index contributed by atoms with van der Waals surface area (Å²) in [6.07, 6.45) is 2.86. The number of aromatic nitrogens is 4. The summed E-state index contributed by atoms with van der Waals surface area (Å²) in [4.78, 5) is 33.7. The van der Waals surface area contributed by atoms with Gasteiger partial charge in [0.1, 0.15) is 6.54 Å². The normalized spacial score (nSPS) is 10.3. The molecule has 23 heavy (non-hydrogen) atoms. The highest BCUT2D eigenvalue weighted by Gasteiger charge is 2.19. The summed E-state index contributed by atoms with van der Waals surface area (Å²) in [6.45, 7) is 2.15. The van der Waals surface area contributed by atoms with Crippen molar-refractivity contribution in [1.29, 1.82) is 0 Å². The van der Waals surface area contributed by atoms with Crippen LogP contribution in [0, 0.1) is 10.1 Å². The molecule has 2 aromatic heterocycles. The Hall–Kier alpha value is -3.24. The second-order valence-electron chi connectivity index (χ2n) is 4.50. The summed E-state index contributed by atoms with van der Waals surface area (Å²) in [6, 6.07) is 1.19. The van der Waals surface area contributed by atoms with Crippen molar-refractivity contribution in [3.63, 3.8) is 0 Å². The van der Waals surface area contributed by atoms with E-state index >= 15 is 0 Å². The first-order valence-electron chi connectivity index (χ1n) is 6.71. The third kappa shape index (κ3) is 3.70. The van der Waals surface area contributed by atoms with Crippen LogP contribution in [0.3, 0.4) is 0 Å². The largest absolute Gasteiger partial charge is 0.389 e. The van der Waals surface area contributed by atoms with Crippen LogP contribution in [-0.4, -0.2) is 43.3 Å². The molecular weight excluding hydrogens is 306 g/mol. The Labute approximate surface area is 130 Å². The number of anilines is 1. The number of rotatable bonds is 6. The molecule has 0 saturated carbocycles. The van der Waals surface area contributed by atoms with E-state index in [-0.39, 0.29) is 23.7 Å². The van der Waals surface area contributed by atoms with Gasteiger partial charge in [-0.15, -0.1) is 0 Å². The van der Waals surface area contributed by atoms with Gasteiger partial charge in [0.15, 0.2) is 5.69 Å². The zero-order chi connectivity index (χ0) is 17.0. The molecule has 2 heterocycles. The fourth-order valence-corrected chi connectivity index (χ4v) is 1.83. The van der Waals surface area contributed by atoms with Crippen molar-refractivity contribution in [3.05, 3.63) is 34.3 Å². The lowest BCUT2D eigenvalue weighted by Gasteiger charge is -2.03. The van der Waals surface area contributed by atoms with Gasteiger partial charge in [0, 0.05) is 19.8 Å². The first-order valence-corrected chi connectivity index (χ1v) is 6.71. The van der Waals surface area contributed by atoms with Gasteiger partial charge in [-0.2, -0.15) is 9.78 Å². The van der Waals surface area contributed by atoms with Crippen molar-refractivity contribution in [2.75, 3.05) is 12.4 Å². The fraction of sp³-hybridized carbons (Fsp3) is 0.333. The number of nitrogens with one attached hydrogen (secondary N) is 2. The summed E-state index contributed by atoms with van der Waals surface area (Å²) in [5.41, 5.74) is 0.354. The van der Waals surface area contributed by atoms with E-state index in [0.717, 1.165) is 4.68 Å². The molecule has 0 unspecified atom stereocenters. The Balaban J connectivity index is 2.11. The quantitative estimate of drug-likeness (QED) is 0.568.